The average Bonchev–Trinajstić information content (AvgIpc) is 3.11. The van der Waals surface area contributed by atoms with Crippen LogP contribution in [0.5, 0.6) is 0 Å². The molecule has 1 saturated heterocycles. The highest BCUT2D eigenvalue weighted by Gasteiger charge is 2.27. The number of likely N-dealkylation sites (tertiary alicyclic amines) is 1. The molecule has 0 aliphatic carbocycles. The molecule has 1 heterocycles. The van der Waals surface area contributed by atoms with Crippen LogP contribution in [-0.4, -0.2) is 42.5 Å². The summed E-state index contributed by atoms with van der Waals surface area (Å²) in [4.78, 5) is 40.6. The first-order valence-corrected chi connectivity index (χ1v) is 9.43. The molecular formula is C22H24N2O4. The molecule has 0 bridgehead atoms. The normalized spacial score (nSPS) is 13.5. The molecule has 0 aromatic heterocycles. The molecule has 0 saturated carbocycles. The lowest BCUT2D eigenvalue weighted by atomic mass is 10.1. The zero-order chi connectivity index (χ0) is 20.1. The second kappa shape index (κ2) is 8.69. The lowest BCUT2D eigenvalue weighted by Crippen LogP contribution is -2.42. The van der Waals surface area contributed by atoms with Gasteiger partial charge in [0.15, 0.2) is 0 Å². The first-order valence-electron chi connectivity index (χ1n) is 9.43. The van der Waals surface area contributed by atoms with Gasteiger partial charge in [0.05, 0.1) is 12.2 Å². The monoisotopic (exact) mass is 380 g/mol. The minimum Gasteiger partial charge on any atom is -0.462 e. The molecule has 2 aromatic carbocycles. The van der Waals surface area contributed by atoms with Crippen molar-refractivity contribution in [3.05, 3.63) is 65.2 Å². The third-order valence-electron chi connectivity index (χ3n) is 4.79. The van der Waals surface area contributed by atoms with Gasteiger partial charge >= 0.3 is 5.97 Å². The van der Waals surface area contributed by atoms with Crippen molar-refractivity contribution in [1.82, 2.24) is 4.90 Å². The van der Waals surface area contributed by atoms with Crippen LogP contribution in [-0.2, 0) is 9.53 Å². The SMILES string of the molecule is CCOC(=O)c1ccc(N(CN2CCCC2=O)C(=O)c2ccccc2C)cc1. The van der Waals surface area contributed by atoms with Crippen LogP contribution in [0.1, 0.15) is 46.0 Å². The summed E-state index contributed by atoms with van der Waals surface area (Å²) in [6, 6.07) is 14.1. The van der Waals surface area contributed by atoms with Gasteiger partial charge in [-0.1, -0.05) is 18.2 Å². The van der Waals surface area contributed by atoms with Gasteiger partial charge < -0.3 is 9.64 Å². The molecule has 28 heavy (non-hydrogen) atoms. The summed E-state index contributed by atoms with van der Waals surface area (Å²) >= 11 is 0. The van der Waals surface area contributed by atoms with Crippen LogP contribution in [0.15, 0.2) is 48.5 Å². The van der Waals surface area contributed by atoms with E-state index in [1.54, 1.807) is 47.1 Å². The number of ether oxygens (including phenoxy) is 1. The predicted molar refractivity (Wildman–Crippen MR) is 106 cm³/mol. The van der Waals surface area contributed by atoms with Crippen LogP contribution in [0.4, 0.5) is 5.69 Å². The molecule has 0 unspecified atom stereocenters. The third kappa shape index (κ3) is 4.22. The van der Waals surface area contributed by atoms with E-state index in [0.29, 0.717) is 36.4 Å². The Morgan fingerprint density at radius 2 is 1.82 bits per heavy atom. The number of benzene rings is 2. The van der Waals surface area contributed by atoms with E-state index in [-0.39, 0.29) is 18.5 Å². The Morgan fingerprint density at radius 3 is 2.43 bits per heavy atom. The minimum atomic E-state index is -0.402. The number of esters is 1. The van der Waals surface area contributed by atoms with Gasteiger partial charge in [-0.05, 0) is 56.2 Å². The van der Waals surface area contributed by atoms with E-state index in [2.05, 4.69) is 0 Å². The average molecular weight is 380 g/mol. The van der Waals surface area contributed by atoms with Crippen molar-refractivity contribution in [2.24, 2.45) is 0 Å². The minimum absolute atomic E-state index is 0.0470. The van der Waals surface area contributed by atoms with Crippen molar-refractivity contribution < 1.29 is 19.1 Å². The highest BCUT2D eigenvalue weighted by Crippen LogP contribution is 2.22. The van der Waals surface area contributed by atoms with E-state index in [1.807, 2.05) is 25.1 Å². The standard InChI is InChI=1S/C22H24N2O4/c1-3-28-22(27)17-10-12-18(13-11-17)24(15-23-14-6-9-20(23)25)21(26)19-8-5-4-7-16(19)2/h4-5,7-8,10-13H,3,6,9,14-15H2,1-2H3. The largest absolute Gasteiger partial charge is 0.462 e. The van der Waals surface area contributed by atoms with Gasteiger partial charge in [0.1, 0.15) is 6.67 Å². The summed E-state index contributed by atoms with van der Waals surface area (Å²) in [7, 11) is 0. The topological polar surface area (TPSA) is 66.9 Å². The summed E-state index contributed by atoms with van der Waals surface area (Å²) in [6.45, 7) is 4.76. The zero-order valence-electron chi connectivity index (χ0n) is 16.2. The van der Waals surface area contributed by atoms with Gasteiger partial charge in [0.2, 0.25) is 5.91 Å². The van der Waals surface area contributed by atoms with Crippen LogP contribution in [0, 0.1) is 6.92 Å². The summed E-state index contributed by atoms with van der Waals surface area (Å²) in [5.41, 5.74) is 2.50. The molecule has 6 nitrogen and oxygen atoms in total. The Morgan fingerprint density at radius 1 is 1.11 bits per heavy atom. The Bertz CT molecular complexity index is 876. The van der Waals surface area contributed by atoms with Gasteiger partial charge in [0, 0.05) is 24.2 Å². The van der Waals surface area contributed by atoms with E-state index in [4.69, 9.17) is 4.74 Å². The molecule has 1 aliphatic heterocycles. The number of anilines is 1. The van der Waals surface area contributed by atoms with Gasteiger partial charge in [-0.2, -0.15) is 0 Å². The van der Waals surface area contributed by atoms with Crippen molar-refractivity contribution in [2.45, 2.75) is 26.7 Å². The Balaban J connectivity index is 1.91. The summed E-state index contributed by atoms with van der Waals surface area (Å²) < 4.78 is 5.01. The summed E-state index contributed by atoms with van der Waals surface area (Å²) in [6.07, 6.45) is 1.31. The lowest BCUT2D eigenvalue weighted by molar-refractivity contribution is -0.127. The molecule has 0 radical (unpaired) electrons. The highest BCUT2D eigenvalue weighted by atomic mass is 16.5. The van der Waals surface area contributed by atoms with Crippen molar-refractivity contribution >= 4 is 23.5 Å². The van der Waals surface area contributed by atoms with Crippen LogP contribution < -0.4 is 4.90 Å². The number of amides is 2. The fourth-order valence-electron chi connectivity index (χ4n) is 3.24. The number of carbonyl (C=O) groups excluding carboxylic acids is 3. The number of hydrogen-bond acceptors (Lipinski definition) is 4. The van der Waals surface area contributed by atoms with Crippen molar-refractivity contribution in [3.8, 4) is 0 Å². The van der Waals surface area contributed by atoms with Crippen LogP contribution in [0.3, 0.4) is 0 Å². The Hall–Kier alpha value is -3.15. The number of aryl methyl sites for hydroxylation is 1. The molecule has 0 atom stereocenters. The molecule has 146 valence electrons. The molecule has 0 spiro atoms. The number of hydrogen-bond donors (Lipinski definition) is 0. The smallest absolute Gasteiger partial charge is 0.338 e. The Kier molecular flexibility index (Phi) is 6.09. The number of rotatable bonds is 6. The number of nitrogens with zero attached hydrogens (tertiary/aromatic N) is 2. The second-order valence-electron chi connectivity index (χ2n) is 6.72. The zero-order valence-corrected chi connectivity index (χ0v) is 16.2. The van der Waals surface area contributed by atoms with Crippen molar-refractivity contribution in [2.75, 3.05) is 24.7 Å². The van der Waals surface area contributed by atoms with E-state index in [1.165, 1.54) is 0 Å². The van der Waals surface area contributed by atoms with Crippen LogP contribution in [0.25, 0.3) is 0 Å². The molecule has 6 heteroatoms. The quantitative estimate of drug-likeness (QED) is 0.721. The predicted octanol–water partition coefficient (Wildman–Crippen LogP) is 3.40. The highest BCUT2D eigenvalue weighted by molar-refractivity contribution is 6.07. The van der Waals surface area contributed by atoms with Crippen LogP contribution >= 0.6 is 0 Å². The first kappa shape index (κ1) is 19.6. The van der Waals surface area contributed by atoms with Gasteiger partial charge in [-0.25, -0.2) is 4.79 Å². The van der Waals surface area contributed by atoms with Crippen molar-refractivity contribution in [3.63, 3.8) is 0 Å². The van der Waals surface area contributed by atoms with E-state index >= 15 is 0 Å². The summed E-state index contributed by atoms with van der Waals surface area (Å²) in [5, 5.41) is 0. The van der Waals surface area contributed by atoms with E-state index < -0.39 is 5.97 Å². The Labute approximate surface area is 164 Å². The first-order chi connectivity index (χ1) is 13.5. The third-order valence-corrected chi connectivity index (χ3v) is 4.79. The molecule has 2 aromatic rings. The number of carbonyl (C=O) groups is 3. The second-order valence-corrected chi connectivity index (χ2v) is 6.72. The van der Waals surface area contributed by atoms with Gasteiger partial charge in [-0.3, -0.25) is 14.5 Å². The van der Waals surface area contributed by atoms with E-state index in [0.717, 1.165) is 12.0 Å². The maximum Gasteiger partial charge on any atom is 0.338 e. The van der Waals surface area contributed by atoms with Gasteiger partial charge in [-0.15, -0.1) is 0 Å². The maximum absolute atomic E-state index is 13.3. The molecule has 2 amide bonds. The molecule has 3 rings (SSSR count). The van der Waals surface area contributed by atoms with Crippen LogP contribution in [0.2, 0.25) is 0 Å². The van der Waals surface area contributed by atoms with Gasteiger partial charge in [0.25, 0.3) is 5.91 Å². The maximum atomic E-state index is 13.3. The molecule has 0 N–H and O–H groups in total. The molecule has 1 fully saturated rings. The van der Waals surface area contributed by atoms with Crippen molar-refractivity contribution in [1.29, 1.82) is 0 Å². The fourth-order valence-corrected chi connectivity index (χ4v) is 3.24. The molecule has 1 aliphatic rings. The van der Waals surface area contributed by atoms with E-state index in [9.17, 15) is 14.4 Å². The molecular weight excluding hydrogens is 356 g/mol. The lowest BCUT2D eigenvalue weighted by Gasteiger charge is -2.28. The fraction of sp³-hybridized carbons (Fsp3) is 0.318. The summed E-state index contributed by atoms with van der Waals surface area (Å²) in [5.74, 6) is -0.534.